The lowest BCUT2D eigenvalue weighted by atomic mass is 9.95. The smallest absolute Gasteiger partial charge is 0.234 e. The number of ether oxygens (including phenoxy) is 1. The summed E-state index contributed by atoms with van der Waals surface area (Å²) in [5.74, 6) is 0.0982. The summed E-state index contributed by atoms with van der Waals surface area (Å²) < 4.78 is 5.09. The third-order valence-electron chi connectivity index (χ3n) is 3.20. The van der Waals surface area contributed by atoms with Crippen molar-refractivity contribution in [3.8, 4) is 0 Å². The van der Waals surface area contributed by atoms with Gasteiger partial charge in [0.25, 0.3) is 0 Å². The van der Waals surface area contributed by atoms with Gasteiger partial charge in [0.05, 0.1) is 13.2 Å². The highest BCUT2D eigenvalue weighted by Crippen LogP contribution is 2.17. The Labute approximate surface area is 104 Å². The van der Waals surface area contributed by atoms with Crippen LogP contribution in [0.5, 0.6) is 0 Å². The van der Waals surface area contributed by atoms with Crippen molar-refractivity contribution in [3.63, 3.8) is 0 Å². The van der Waals surface area contributed by atoms with Crippen molar-refractivity contribution in [2.24, 2.45) is 0 Å². The molecule has 0 bridgehead atoms. The molecule has 4 nitrogen and oxygen atoms in total. The van der Waals surface area contributed by atoms with E-state index in [2.05, 4.69) is 10.6 Å². The highest BCUT2D eigenvalue weighted by Gasteiger charge is 2.20. The van der Waals surface area contributed by atoms with Gasteiger partial charge in [-0.3, -0.25) is 4.79 Å². The molecule has 0 radical (unpaired) electrons. The zero-order valence-corrected chi connectivity index (χ0v) is 11.3. The zero-order valence-electron chi connectivity index (χ0n) is 11.3. The summed E-state index contributed by atoms with van der Waals surface area (Å²) in [4.78, 5) is 11.7. The molecule has 4 heteroatoms. The number of hydrogen-bond acceptors (Lipinski definition) is 3. The first-order valence-corrected chi connectivity index (χ1v) is 6.57. The number of hydrogen-bond donors (Lipinski definition) is 2. The van der Waals surface area contributed by atoms with Crippen molar-refractivity contribution >= 4 is 5.91 Å². The van der Waals surface area contributed by atoms with Gasteiger partial charge in [-0.2, -0.15) is 0 Å². The van der Waals surface area contributed by atoms with Crippen molar-refractivity contribution in [1.82, 2.24) is 10.6 Å². The summed E-state index contributed by atoms with van der Waals surface area (Å²) in [6, 6.07) is 0.392. The topological polar surface area (TPSA) is 50.4 Å². The summed E-state index contributed by atoms with van der Waals surface area (Å²) >= 11 is 0. The van der Waals surface area contributed by atoms with Gasteiger partial charge in [-0.05, 0) is 26.7 Å². The molecule has 17 heavy (non-hydrogen) atoms. The molecule has 0 atom stereocenters. The number of carbonyl (C=O) groups is 1. The lowest BCUT2D eigenvalue weighted by molar-refractivity contribution is -0.121. The number of nitrogens with one attached hydrogen (secondary N) is 2. The Morgan fingerprint density at radius 1 is 1.29 bits per heavy atom. The summed E-state index contributed by atoms with van der Waals surface area (Å²) in [6.45, 7) is 5.03. The molecular formula is C13H26N2O2. The van der Waals surface area contributed by atoms with Crippen LogP contribution in [0.1, 0.15) is 46.0 Å². The largest absolute Gasteiger partial charge is 0.383 e. The van der Waals surface area contributed by atoms with Gasteiger partial charge in [0.15, 0.2) is 0 Å². The van der Waals surface area contributed by atoms with Crippen molar-refractivity contribution in [3.05, 3.63) is 0 Å². The van der Waals surface area contributed by atoms with E-state index in [-0.39, 0.29) is 11.4 Å². The summed E-state index contributed by atoms with van der Waals surface area (Å²) in [7, 11) is 1.67. The van der Waals surface area contributed by atoms with E-state index in [0.29, 0.717) is 19.2 Å². The fourth-order valence-corrected chi connectivity index (χ4v) is 2.26. The zero-order chi connectivity index (χ0) is 12.7. The summed E-state index contributed by atoms with van der Waals surface area (Å²) in [6.07, 6.45) is 6.06. The van der Waals surface area contributed by atoms with E-state index in [4.69, 9.17) is 4.74 Å². The maximum Gasteiger partial charge on any atom is 0.234 e. The molecule has 0 heterocycles. The van der Waals surface area contributed by atoms with Crippen LogP contribution in [-0.4, -0.2) is 37.7 Å². The maximum atomic E-state index is 11.7. The molecular weight excluding hydrogens is 216 g/mol. The van der Waals surface area contributed by atoms with Crippen molar-refractivity contribution in [2.75, 3.05) is 20.3 Å². The fourth-order valence-electron chi connectivity index (χ4n) is 2.26. The lowest BCUT2D eigenvalue weighted by Crippen LogP contribution is -2.49. The Balaban J connectivity index is 2.20. The second-order valence-electron chi connectivity index (χ2n) is 5.57. The van der Waals surface area contributed by atoms with Crippen molar-refractivity contribution in [2.45, 2.75) is 57.5 Å². The van der Waals surface area contributed by atoms with Crippen LogP contribution in [0.3, 0.4) is 0 Å². The van der Waals surface area contributed by atoms with Crippen LogP contribution < -0.4 is 10.6 Å². The molecule has 0 aromatic heterocycles. The Morgan fingerprint density at radius 2 is 1.94 bits per heavy atom. The van der Waals surface area contributed by atoms with Crippen molar-refractivity contribution < 1.29 is 9.53 Å². The fraction of sp³-hybridized carbons (Fsp3) is 0.923. The first-order valence-electron chi connectivity index (χ1n) is 6.57. The second kappa shape index (κ2) is 6.97. The minimum absolute atomic E-state index is 0.0982. The molecule has 100 valence electrons. The predicted octanol–water partition coefficient (Wildman–Crippen LogP) is 1.45. The van der Waals surface area contributed by atoms with Gasteiger partial charge in [-0.1, -0.05) is 19.3 Å². The monoisotopic (exact) mass is 242 g/mol. The van der Waals surface area contributed by atoms with Gasteiger partial charge >= 0.3 is 0 Å². The molecule has 1 amide bonds. The van der Waals surface area contributed by atoms with E-state index in [1.165, 1.54) is 19.3 Å². The SMILES string of the molecule is COCC(C)(C)NCC(=O)NC1CCCCC1. The molecule has 0 unspecified atom stereocenters. The van der Waals surface area contributed by atoms with Gasteiger partial charge < -0.3 is 15.4 Å². The quantitative estimate of drug-likeness (QED) is 0.741. The average molecular weight is 242 g/mol. The van der Waals surface area contributed by atoms with Crippen LogP contribution in [0.4, 0.5) is 0 Å². The molecule has 0 aliphatic heterocycles. The third-order valence-corrected chi connectivity index (χ3v) is 3.20. The normalized spacial score (nSPS) is 18.1. The van der Waals surface area contributed by atoms with Crippen LogP contribution in [0, 0.1) is 0 Å². The number of amides is 1. The van der Waals surface area contributed by atoms with E-state index in [1.54, 1.807) is 7.11 Å². The molecule has 1 fully saturated rings. The molecule has 1 rings (SSSR count). The summed E-state index contributed by atoms with van der Waals surface area (Å²) in [5.41, 5.74) is -0.154. The third kappa shape index (κ3) is 6.03. The Morgan fingerprint density at radius 3 is 2.53 bits per heavy atom. The van der Waals surface area contributed by atoms with E-state index in [0.717, 1.165) is 12.8 Å². The maximum absolute atomic E-state index is 11.7. The van der Waals surface area contributed by atoms with E-state index in [9.17, 15) is 4.79 Å². The molecule has 1 aliphatic rings. The second-order valence-corrected chi connectivity index (χ2v) is 5.57. The van der Waals surface area contributed by atoms with Gasteiger partial charge in [-0.15, -0.1) is 0 Å². The average Bonchev–Trinajstić information content (AvgIpc) is 2.28. The van der Waals surface area contributed by atoms with Crippen LogP contribution in [0.25, 0.3) is 0 Å². The minimum atomic E-state index is -0.154. The first-order chi connectivity index (χ1) is 8.03. The molecule has 2 N–H and O–H groups in total. The molecule has 0 aromatic carbocycles. The molecule has 0 saturated heterocycles. The lowest BCUT2D eigenvalue weighted by Gasteiger charge is -2.27. The van der Waals surface area contributed by atoms with E-state index >= 15 is 0 Å². The van der Waals surface area contributed by atoms with E-state index in [1.807, 2.05) is 13.8 Å². The Kier molecular flexibility index (Phi) is 5.92. The van der Waals surface area contributed by atoms with Gasteiger partial charge in [0.2, 0.25) is 5.91 Å². The Bertz CT molecular complexity index is 236. The first kappa shape index (κ1) is 14.5. The van der Waals surface area contributed by atoms with E-state index < -0.39 is 0 Å². The highest BCUT2D eigenvalue weighted by molar-refractivity contribution is 5.78. The summed E-state index contributed by atoms with van der Waals surface area (Å²) in [5, 5.41) is 6.30. The van der Waals surface area contributed by atoms with Crippen LogP contribution in [-0.2, 0) is 9.53 Å². The van der Waals surface area contributed by atoms with Gasteiger partial charge in [0.1, 0.15) is 0 Å². The van der Waals surface area contributed by atoms with Crippen molar-refractivity contribution in [1.29, 1.82) is 0 Å². The van der Waals surface area contributed by atoms with Crippen LogP contribution in [0.15, 0.2) is 0 Å². The van der Waals surface area contributed by atoms with Crippen LogP contribution >= 0.6 is 0 Å². The molecule has 1 aliphatic carbocycles. The minimum Gasteiger partial charge on any atom is -0.383 e. The standard InChI is InChI=1S/C13H26N2O2/c1-13(2,10-17-3)14-9-12(16)15-11-7-5-4-6-8-11/h11,14H,4-10H2,1-3H3,(H,15,16). The number of rotatable bonds is 6. The Hall–Kier alpha value is -0.610. The van der Waals surface area contributed by atoms with Gasteiger partial charge in [-0.25, -0.2) is 0 Å². The molecule has 0 aromatic rings. The predicted molar refractivity (Wildman–Crippen MR) is 69.0 cm³/mol. The number of methoxy groups -OCH3 is 1. The van der Waals surface area contributed by atoms with Gasteiger partial charge in [0, 0.05) is 18.7 Å². The molecule has 0 spiro atoms. The molecule has 1 saturated carbocycles. The highest BCUT2D eigenvalue weighted by atomic mass is 16.5. The van der Waals surface area contributed by atoms with Crippen LogP contribution in [0.2, 0.25) is 0 Å². The number of carbonyl (C=O) groups excluding carboxylic acids is 1.